The van der Waals surface area contributed by atoms with E-state index in [1.807, 2.05) is 20.8 Å². The molecule has 2 fully saturated rings. The Balaban J connectivity index is 1.89. The molecule has 1 spiro atoms. The number of rotatable bonds is 1. The zero-order valence-electron chi connectivity index (χ0n) is 12.3. The molecule has 1 N–H and O–H groups in total. The molecule has 2 aliphatic heterocycles. The van der Waals surface area contributed by atoms with Gasteiger partial charge in [-0.3, -0.25) is 0 Å². The second-order valence-corrected chi connectivity index (χ2v) is 6.83. The quantitative estimate of drug-likeness (QED) is 0.796. The standard InChI is InChI=1S/C14H23NO5/c1-13(2,3)20-12(18)15-7-6-14(8-15)5-4-10(11(16)17)19-9-14/h10H,4-9H2,1-3H3,(H,16,17). The van der Waals surface area contributed by atoms with Crippen LogP contribution in [0.3, 0.4) is 0 Å². The Labute approximate surface area is 119 Å². The van der Waals surface area contributed by atoms with E-state index < -0.39 is 17.7 Å². The third kappa shape index (κ3) is 3.42. The number of carbonyl (C=O) groups excluding carboxylic acids is 1. The van der Waals surface area contributed by atoms with Gasteiger partial charge in [-0.05, 0) is 40.0 Å². The van der Waals surface area contributed by atoms with Gasteiger partial charge >= 0.3 is 12.1 Å². The number of amides is 1. The van der Waals surface area contributed by atoms with E-state index in [1.54, 1.807) is 4.90 Å². The minimum absolute atomic E-state index is 0.0944. The molecule has 0 radical (unpaired) electrons. The van der Waals surface area contributed by atoms with Gasteiger partial charge in [0.05, 0.1) is 6.61 Å². The molecule has 2 unspecified atom stereocenters. The van der Waals surface area contributed by atoms with Gasteiger partial charge in [-0.25, -0.2) is 9.59 Å². The lowest BCUT2D eigenvalue weighted by molar-refractivity contribution is -0.158. The van der Waals surface area contributed by atoms with Crippen molar-refractivity contribution in [3.8, 4) is 0 Å². The van der Waals surface area contributed by atoms with Crippen LogP contribution < -0.4 is 0 Å². The minimum Gasteiger partial charge on any atom is -0.479 e. The highest BCUT2D eigenvalue weighted by atomic mass is 16.6. The average Bonchev–Trinajstić information content (AvgIpc) is 2.72. The van der Waals surface area contributed by atoms with E-state index in [4.69, 9.17) is 14.6 Å². The van der Waals surface area contributed by atoms with E-state index >= 15 is 0 Å². The van der Waals surface area contributed by atoms with Gasteiger partial charge < -0.3 is 19.5 Å². The van der Waals surface area contributed by atoms with Crippen molar-refractivity contribution >= 4 is 12.1 Å². The van der Waals surface area contributed by atoms with Crippen LogP contribution in [-0.4, -0.2) is 53.5 Å². The molecule has 0 aromatic carbocycles. The normalized spacial score (nSPS) is 30.6. The Bertz CT molecular complexity index is 393. The molecule has 0 saturated carbocycles. The number of aliphatic carboxylic acids is 1. The van der Waals surface area contributed by atoms with Gasteiger partial charge in [-0.1, -0.05) is 0 Å². The Morgan fingerprint density at radius 1 is 1.35 bits per heavy atom. The molecule has 2 aliphatic rings. The predicted molar refractivity (Wildman–Crippen MR) is 71.5 cm³/mol. The van der Waals surface area contributed by atoms with Crippen molar-refractivity contribution in [3.05, 3.63) is 0 Å². The van der Waals surface area contributed by atoms with E-state index in [9.17, 15) is 9.59 Å². The highest BCUT2D eigenvalue weighted by molar-refractivity contribution is 5.72. The van der Waals surface area contributed by atoms with Crippen LogP contribution in [0, 0.1) is 5.41 Å². The maximum Gasteiger partial charge on any atom is 0.410 e. The van der Waals surface area contributed by atoms with E-state index in [1.165, 1.54) is 0 Å². The minimum atomic E-state index is -0.901. The summed E-state index contributed by atoms with van der Waals surface area (Å²) in [5.74, 6) is -0.901. The molecule has 2 atom stereocenters. The number of carboxylic acids is 1. The Morgan fingerprint density at radius 2 is 2.05 bits per heavy atom. The Hall–Kier alpha value is -1.30. The van der Waals surface area contributed by atoms with Crippen molar-refractivity contribution in [3.63, 3.8) is 0 Å². The number of ether oxygens (including phenoxy) is 2. The van der Waals surface area contributed by atoms with Crippen LogP contribution >= 0.6 is 0 Å². The highest BCUT2D eigenvalue weighted by Gasteiger charge is 2.45. The van der Waals surface area contributed by atoms with Crippen molar-refractivity contribution in [2.45, 2.75) is 51.7 Å². The fourth-order valence-corrected chi connectivity index (χ4v) is 2.80. The van der Waals surface area contributed by atoms with Gasteiger partial charge in [-0.2, -0.15) is 0 Å². The van der Waals surface area contributed by atoms with Crippen molar-refractivity contribution in [1.82, 2.24) is 4.90 Å². The van der Waals surface area contributed by atoms with Gasteiger partial charge in [0.25, 0.3) is 0 Å². The third-order valence-corrected chi connectivity index (χ3v) is 3.89. The van der Waals surface area contributed by atoms with Gasteiger partial charge in [0, 0.05) is 18.5 Å². The summed E-state index contributed by atoms with van der Waals surface area (Å²) in [6, 6.07) is 0. The average molecular weight is 285 g/mol. The third-order valence-electron chi connectivity index (χ3n) is 3.89. The Morgan fingerprint density at radius 3 is 2.55 bits per heavy atom. The molecule has 6 nitrogen and oxygen atoms in total. The largest absolute Gasteiger partial charge is 0.479 e. The molecule has 20 heavy (non-hydrogen) atoms. The van der Waals surface area contributed by atoms with Gasteiger partial charge in [0.15, 0.2) is 6.10 Å². The molecule has 0 aromatic rings. The molecule has 114 valence electrons. The van der Waals surface area contributed by atoms with E-state index in [-0.39, 0.29) is 11.5 Å². The number of carbonyl (C=O) groups is 2. The first-order chi connectivity index (χ1) is 9.21. The first-order valence-electron chi connectivity index (χ1n) is 7.03. The van der Waals surface area contributed by atoms with Crippen LogP contribution in [0.15, 0.2) is 0 Å². The summed E-state index contributed by atoms with van der Waals surface area (Å²) >= 11 is 0. The van der Waals surface area contributed by atoms with Crippen molar-refractivity contribution in [1.29, 1.82) is 0 Å². The van der Waals surface area contributed by atoms with Crippen LogP contribution in [-0.2, 0) is 14.3 Å². The Kier molecular flexibility index (Phi) is 3.95. The molecule has 0 aromatic heterocycles. The van der Waals surface area contributed by atoms with Crippen LogP contribution in [0.1, 0.15) is 40.0 Å². The van der Waals surface area contributed by atoms with E-state index in [2.05, 4.69) is 0 Å². The number of hydrogen-bond donors (Lipinski definition) is 1. The lowest BCUT2D eigenvalue weighted by Crippen LogP contribution is -2.42. The topological polar surface area (TPSA) is 76.1 Å². The van der Waals surface area contributed by atoms with Crippen molar-refractivity contribution < 1.29 is 24.2 Å². The molecule has 0 bridgehead atoms. The molecule has 6 heteroatoms. The van der Waals surface area contributed by atoms with E-state index in [0.717, 1.165) is 12.8 Å². The molecule has 2 rings (SSSR count). The highest BCUT2D eigenvalue weighted by Crippen LogP contribution is 2.40. The summed E-state index contributed by atoms with van der Waals surface area (Å²) in [5, 5.41) is 8.93. The smallest absolute Gasteiger partial charge is 0.410 e. The number of hydrogen-bond acceptors (Lipinski definition) is 4. The van der Waals surface area contributed by atoms with Gasteiger partial charge in [0.2, 0.25) is 0 Å². The van der Waals surface area contributed by atoms with Gasteiger partial charge in [-0.15, -0.1) is 0 Å². The van der Waals surface area contributed by atoms with Crippen LogP contribution in [0.25, 0.3) is 0 Å². The first-order valence-corrected chi connectivity index (χ1v) is 7.03. The monoisotopic (exact) mass is 285 g/mol. The van der Waals surface area contributed by atoms with Gasteiger partial charge in [0.1, 0.15) is 5.60 Å². The molecule has 0 aliphatic carbocycles. The molecule has 2 saturated heterocycles. The van der Waals surface area contributed by atoms with Crippen molar-refractivity contribution in [2.24, 2.45) is 5.41 Å². The van der Waals surface area contributed by atoms with E-state index in [0.29, 0.717) is 26.1 Å². The second-order valence-electron chi connectivity index (χ2n) is 6.83. The number of likely N-dealkylation sites (tertiary alicyclic amines) is 1. The predicted octanol–water partition coefficient (Wildman–Crippen LogP) is 1.88. The second kappa shape index (κ2) is 5.24. The molecular weight excluding hydrogens is 262 g/mol. The van der Waals surface area contributed by atoms with Crippen LogP contribution in [0.4, 0.5) is 4.79 Å². The summed E-state index contributed by atoms with van der Waals surface area (Å²) in [4.78, 5) is 24.6. The molecule has 2 heterocycles. The fraction of sp³-hybridized carbons (Fsp3) is 0.857. The zero-order chi connectivity index (χ0) is 15.0. The maximum absolute atomic E-state index is 12.0. The summed E-state index contributed by atoms with van der Waals surface area (Å²) < 4.78 is 10.8. The molecule has 1 amide bonds. The SMILES string of the molecule is CC(C)(C)OC(=O)N1CCC2(CCC(C(=O)O)OC2)C1. The number of nitrogens with zero attached hydrogens (tertiary/aromatic N) is 1. The summed E-state index contributed by atoms with van der Waals surface area (Å²) in [6.07, 6.45) is 1.14. The summed E-state index contributed by atoms with van der Waals surface area (Å²) in [6.45, 7) is 7.18. The summed E-state index contributed by atoms with van der Waals surface area (Å²) in [7, 11) is 0. The number of carboxylic acid groups (broad SMARTS) is 1. The summed E-state index contributed by atoms with van der Waals surface area (Å²) in [5.41, 5.74) is -0.590. The van der Waals surface area contributed by atoms with Crippen LogP contribution in [0.5, 0.6) is 0 Å². The first kappa shape index (κ1) is 15.1. The fourth-order valence-electron chi connectivity index (χ4n) is 2.80. The lowest BCUT2D eigenvalue weighted by atomic mass is 9.80. The lowest BCUT2D eigenvalue weighted by Gasteiger charge is -2.35. The maximum atomic E-state index is 12.0. The van der Waals surface area contributed by atoms with Crippen LogP contribution in [0.2, 0.25) is 0 Å². The van der Waals surface area contributed by atoms with Crippen molar-refractivity contribution in [2.75, 3.05) is 19.7 Å². The zero-order valence-corrected chi connectivity index (χ0v) is 12.3. The molecular formula is C14H23NO5.